The standard InChI is InChI=1S/C29H44ClN5O3/c1-5-8-24(30)15-20(4)19(3)11-12-21(6-2)16-25(33-29(37)28(31)34-35-32)18-27(36)38-26-14-13-22-9-7-10-23(22)17-26/h5-6,15,24-26,35H,1,3,7-14,16-18,32H2,2,4H3,(H2,31,34)(H,33,37)/b20-15+,21-6+/t24?,25-,26?/m1/s1. The normalized spacial score (nSPS) is 19.9. The lowest BCUT2D eigenvalue weighted by molar-refractivity contribution is -0.150. The molecule has 6 N–H and O–H groups in total. The summed E-state index contributed by atoms with van der Waals surface area (Å²) >= 11 is 6.30. The molecule has 0 aromatic heterocycles. The molecule has 38 heavy (non-hydrogen) atoms. The average Bonchev–Trinajstić information content (AvgIpc) is 3.34. The summed E-state index contributed by atoms with van der Waals surface area (Å²) in [6, 6.07) is -0.512. The lowest BCUT2D eigenvalue weighted by atomic mass is 9.91. The van der Waals surface area contributed by atoms with Gasteiger partial charge in [0, 0.05) is 12.5 Å². The quantitative estimate of drug-likeness (QED) is 0.0356. The second kappa shape index (κ2) is 16.2. The van der Waals surface area contributed by atoms with Crippen LogP contribution in [0.1, 0.15) is 84.5 Å². The number of nitrogens with zero attached hydrogens (tertiary/aromatic N) is 1. The zero-order valence-corrected chi connectivity index (χ0v) is 23.6. The number of nitrogens with one attached hydrogen (secondary N) is 2. The highest BCUT2D eigenvalue weighted by molar-refractivity contribution is 6.37. The van der Waals surface area contributed by atoms with Gasteiger partial charge in [-0.25, -0.2) is 11.4 Å². The van der Waals surface area contributed by atoms with Gasteiger partial charge in [-0.1, -0.05) is 52.7 Å². The first-order valence-corrected chi connectivity index (χ1v) is 13.8. The largest absolute Gasteiger partial charge is 0.462 e. The molecule has 3 atom stereocenters. The van der Waals surface area contributed by atoms with E-state index in [1.807, 2.05) is 31.5 Å². The number of hydrogen-bond acceptors (Lipinski definition) is 6. The smallest absolute Gasteiger partial charge is 0.308 e. The van der Waals surface area contributed by atoms with Gasteiger partial charge in [0.25, 0.3) is 5.91 Å². The van der Waals surface area contributed by atoms with Gasteiger partial charge in [0.15, 0.2) is 0 Å². The third-order valence-electron chi connectivity index (χ3n) is 7.21. The van der Waals surface area contributed by atoms with Crippen molar-refractivity contribution in [2.45, 2.75) is 102 Å². The van der Waals surface area contributed by atoms with Gasteiger partial charge in [-0.3, -0.25) is 9.59 Å². The van der Waals surface area contributed by atoms with Crippen LogP contribution in [0.25, 0.3) is 0 Å². The molecule has 0 spiro atoms. The number of amidine groups is 1. The number of carbonyl (C=O) groups excluding carboxylic acids is 2. The molecule has 2 aliphatic carbocycles. The van der Waals surface area contributed by atoms with E-state index in [1.165, 1.54) is 18.4 Å². The number of halogens is 1. The van der Waals surface area contributed by atoms with Crippen molar-refractivity contribution in [1.82, 2.24) is 10.9 Å². The molecule has 0 radical (unpaired) electrons. The fourth-order valence-corrected chi connectivity index (χ4v) is 5.34. The fourth-order valence-electron chi connectivity index (χ4n) is 5.02. The minimum absolute atomic E-state index is 0.0319. The molecule has 9 heteroatoms. The number of amides is 1. The number of nitrogens with two attached hydrogens (primary N) is 2. The van der Waals surface area contributed by atoms with Crippen molar-refractivity contribution in [3.05, 3.63) is 59.3 Å². The molecule has 2 rings (SSSR count). The van der Waals surface area contributed by atoms with Gasteiger partial charge in [0.05, 0.1) is 11.8 Å². The molecule has 8 nitrogen and oxygen atoms in total. The van der Waals surface area contributed by atoms with Crippen LogP contribution in [0.3, 0.4) is 0 Å². The maximum Gasteiger partial charge on any atom is 0.308 e. The van der Waals surface area contributed by atoms with Crippen LogP contribution in [0.5, 0.6) is 0 Å². The van der Waals surface area contributed by atoms with Crippen LogP contribution in [0.15, 0.2) is 64.4 Å². The van der Waals surface area contributed by atoms with Crippen LogP contribution in [-0.2, 0) is 14.3 Å². The predicted octanol–water partition coefficient (Wildman–Crippen LogP) is 4.98. The Bertz CT molecular complexity index is 998. The van der Waals surface area contributed by atoms with E-state index in [1.54, 1.807) is 11.6 Å². The van der Waals surface area contributed by atoms with Crippen LogP contribution in [0, 0.1) is 0 Å². The van der Waals surface area contributed by atoms with E-state index >= 15 is 0 Å². The number of esters is 1. The molecule has 0 aromatic rings. The van der Waals surface area contributed by atoms with E-state index in [4.69, 9.17) is 27.9 Å². The molecular formula is C29H44ClN5O3. The van der Waals surface area contributed by atoms with Gasteiger partial charge < -0.3 is 15.8 Å². The summed E-state index contributed by atoms with van der Waals surface area (Å²) < 4.78 is 5.84. The van der Waals surface area contributed by atoms with E-state index in [0.717, 1.165) is 55.2 Å². The van der Waals surface area contributed by atoms with Crippen LogP contribution in [-0.4, -0.2) is 35.2 Å². The molecule has 210 valence electrons. The second-order valence-corrected chi connectivity index (χ2v) is 10.6. The van der Waals surface area contributed by atoms with Crippen LogP contribution >= 0.6 is 11.6 Å². The molecular weight excluding hydrogens is 502 g/mol. The predicted molar refractivity (Wildman–Crippen MR) is 155 cm³/mol. The van der Waals surface area contributed by atoms with Crippen molar-refractivity contribution in [3.8, 4) is 0 Å². The second-order valence-electron chi connectivity index (χ2n) is 10.1. The van der Waals surface area contributed by atoms with Gasteiger partial charge in [-0.05, 0) is 71.6 Å². The van der Waals surface area contributed by atoms with Crippen molar-refractivity contribution in [2.75, 3.05) is 0 Å². The Balaban J connectivity index is 2.01. The van der Waals surface area contributed by atoms with Crippen molar-refractivity contribution in [1.29, 1.82) is 0 Å². The summed E-state index contributed by atoms with van der Waals surface area (Å²) in [6.45, 7) is 11.9. The lowest BCUT2D eigenvalue weighted by Gasteiger charge is -2.26. The van der Waals surface area contributed by atoms with Crippen molar-refractivity contribution in [2.24, 2.45) is 16.7 Å². The first kappa shape index (κ1) is 31.4. The molecule has 0 fully saturated rings. The summed E-state index contributed by atoms with van der Waals surface area (Å²) in [5, 5.41) is 6.24. The van der Waals surface area contributed by atoms with Gasteiger partial charge in [0.1, 0.15) is 6.10 Å². The van der Waals surface area contributed by atoms with Crippen LogP contribution in [0.4, 0.5) is 0 Å². The Labute approximate surface area is 232 Å². The Kier molecular flexibility index (Phi) is 13.4. The Morgan fingerprint density at radius 2 is 1.97 bits per heavy atom. The third-order valence-corrected chi connectivity index (χ3v) is 7.51. The van der Waals surface area contributed by atoms with Crippen molar-refractivity contribution >= 4 is 29.3 Å². The SMILES string of the molecule is C=CCC(Cl)/C=C(\C)C(=C)CC/C(=C\C)C[C@H](CC(=O)OC1CCC2=C(CCC2)C1)NC(=O)/C(N)=N/NN. The molecule has 0 aliphatic heterocycles. The Hall–Kier alpha value is -2.84. The number of allylic oxidation sites excluding steroid dienone is 6. The highest BCUT2D eigenvalue weighted by atomic mass is 35.5. The number of carbonyl (C=O) groups is 2. The highest BCUT2D eigenvalue weighted by Gasteiger charge is 2.28. The Morgan fingerprint density at radius 1 is 1.24 bits per heavy atom. The zero-order chi connectivity index (χ0) is 28.1. The van der Waals surface area contributed by atoms with Gasteiger partial charge in [-0.2, -0.15) is 0 Å². The maximum absolute atomic E-state index is 12.9. The first-order valence-electron chi connectivity index (χ1n) is 13.4. The molecule has 1 amide bonds. The molecule has 0 saturated carbocycles. The topological polar surface area (TPSA) is 132 Å². The van der Waals surface area contributed by atoms with Crippen molar-refractivity contribution in [3.63, 3.8) is 0 Å². The van der Waals surface area contributed by atoms with Crippen LogP contribution < -0.4 is 22.4 Å². The number of ether oxygens (including phenoxy) is 1. The van der Waals surface area contributed by atoms with E-state index in [9.17, 15) is 9.59 Å². The number of rotatable bonds is 14. The Morgan fingerprint density at radius 3 is 2.66 bits per heavy atom. The van der Waals surface area contributed by atoms with Crippen LogP contribution in [0.2, 0.25) is 0 Å². The van der Waals surface area contributed by atoms with Gasteiger partial charge >= 0.3 is 5.97 Å². The van der Waals surface area contributed by atoms with E-state index in [2.05, 4.69) is 23.6 Å². The monoisotopic (exact) mass is 545 g/mol. The summed E-state index contributed by atoms with van der Waals surface area (Å²) in [5.41, 5.74) is 13.8. The first-order chi connectivity index (χ1) is 18.2. The van der Waals surface area contributed by atoms with E-state index in [-0.39, 0.29) is 29.7 Å². The lowest BCUT2D eigenvalue weighted by Crippen LogP contribution is -2.45. The minimum atomic E-state index is -0.604. The number of alkyl halides is 1. The van der Waals surface area contributed by atoms with E-state index in [0.29, 0.717) is 12.8 Å². The maximum atomic E-state index is 12.9. The number of hydrazine groups is 1. The fraction of sp³-hybridized carbons (Fsp3) is 0.552. The summed E-state index contributed by atoms with van der Waals surface area (Å²) in [7, 11) is 0. The van der Waals surface area contributed by atoms with Crippen molar-refractivity contribution < 1.29 is 14.3 Å². The zero-order valence-electron chi connectivity index (χ0n) is 22.9. The molecule has 2 aliphatic rings. The van der Waals surface area contributed by atoms with Gasteiger partial charge in [0.2, 0.25) is 5.84 Å². The number of hydrogen-bond donors (Lipinski definition) is 4. The third kappa shape index (κ3) is 10.5. The summed E-state index contributed by atoms with van der Waals surface area (Å²) in [5.74, 6) is 3.90. The number of hydrazone groups is 1. The van der Waals surface area contributed by atoms with E-state index < -0.39 is 11.9 Å². The minimum Gasteiger partial charge on any atom is -0.462 e. The molecule has 0 heterocycles. The van der Waals surface area contributed by atoms with Gasteiger partial charge in [-0.15, -0.1) is 23.3 Å². The molecule has 0 aromatic carbocycles. The molecule has 0 saturated heterocycles. The summed E-state index contributed by atoms with van der Waals surface area (Å²) in [4.78, 5) is 25.5. The average molecular weight is 546 g/mol. The molecule has 0 bridgehead atoms. The molecule has 2 unspecified atom stereocenters. The summed E-state index contributed by atoms with van der Waals surface area (Å²) in [6.07, 6.45) is 14.5. The highest BCUT2D eigenvalue weighted by Crippen LogP contribution is 2.38.